The summed E-state index contributed by atoms with van der Waals surface area (Å²) in [7, 11) is -4.22. The number of aryl methyl sites for hydroxylation is 1. The van der Waals surface area contributed by atoms with Gasteiger partial charge in [0.05, 0.1) is 10.6 Å². The molecule has 0 saturated heterocycles. The molecule has 0 aliphatic rings. The summed E-state index contributed by atoms with van der Waals surface area (Å²) in [6.45, 7) is 3.43. The van der Waals surface area contributed by atoms with Gasteiger partial charge in [0.25, 0.3) is 10.0 Å². The molecule has 0 fully saturated rings. The van der Waals surface area contributed by atoms with Crippen LogP contribution in [0.15, 0.2) is 112 Å². The molecule has 7 nitrogen and oxygen atoms in total. The van der Waals surface area contributed by atoms with Crippen LogP contribution in [0.1, 0.15) is 36.5 Å². The van der Waals surface area contributed by atoms with Crippen LogP contribution in [0.3, 0.4) is 0 Å². The minimum atomic E-state index is -4.22. The number of anilines is 1. The average molecular weight is 695 g/mol. The number of unbranched alkanes of at least 4 members (excludes halogenated alkanes) is 1. The highest BCUT2D eigenvalue weighted by molar-refractivity contribution is 9.10. The largest absolute Gasteiger partial charge is 0.354 e. The first-order chi connectivity index (χ1) is 21.6. The Morgan fingerprint density at radius 1 is 0.889 bits per heavy atom. The summed E-state index contributed by atoms with van der Waals surface area (Å²) in [4.78, 5) is 29.5. The molecule has 10 heteroatoms. The molecule has 0 saturated carbocycles. The van der Waals surface area contributed by atoms with Crippen molar-refractivity contribution in [1.29, 1.82) is 0 Å². The van der Waals surface area contributed by atoms with E-state index in [0.29, 0.717) is 6.54 Å². The Morgan fingerprint density at radius 3 is 2.18 bits per heavy atom. The second kappa shape index (κ2) is 15.8. The van der Waals surface area contributed by atoms with Crippen LogP contribution in [0.2, 0.25) is 0 Å². The molecule has 4 aromatic carbocycles. The highest BCUT2D eigenvalue weighted by atomic mass is 79.9. The lowest BCUT2D eigenvalue weighted by atomic mass is 10.0. The van der Waals surface area contributed by atoms with Gasteiger partial charge in [0.15, 0.2) is 0 Å². The topological polar surface area (TPSA) is 86.8 Å². The molecular weight excluding hydrogens is 657 g/mol. The van der Waals surface area contributed by atoms with E-state index in [9.17, 15) is 18.0 Å². The number of carbonyl (C=O) groups excluding carboxylic acids is 2. The van der Waals surface area contributed by atoms with Crippen molar-refractivity contribution in [3.05, 3.63) is 130 Å². The Morgan fingerprint density at radius 2 is 1.53 bits per heavy atom. The number of sulfonamides is 1. The van der Waals surface area contributed by atoms with Crippen LogP contribution in [0.4, 0.5) is 10.1 Å². The maximum atomic E-state index is 15.0. The van der Waals surface area contributed by atoms with Gasteiger partial charge in [-0.1, -0.05) is 95.5 Å². The number of hydrogen-bond donors (Lipinski definition) is 1. The van der Waals surface area contributed by atoms with Crippen LogP contribution in [0, 0.1) is 12.7 Å². The third-order valence-electron chi connectivity index (χ3n) is 7.40. The van der Waals surface area contributed by atoms with E-state index in [0.717, 1.165) is 32.7 Å². The Kier molecular flexibility index (Phi) is 11.9. The van der Waals surface area contributed by atoms with Crippen LogP contribution in [0.5, 0.6) is 0 Å². The summed E-state index contributed by atoms with van der Waals surface area (Å²) >= 11 is 3.38. The molecule has 0 aromatic heterocycles. The van der Waals surface area contributed by atoms with E-state index in [4.69, 9.17) is 0 Å². The number of rotatable bonds is 14. The van der Waals surface area contributed by atoms with E-state index in [1.54, 1.807) is 54.6 Å². The van der Waals surface area contributed by atoms with Crippen molar-refractivity contribution in [2.45, 2.75) is 50.6 Å². The van der Waals surface area contributed by atoms with Crippen molar-refractivity contribution in [3.8, 4) is 0 Å². The normalized spacial score (nSPS) is 11.9. The Bertz CT molecular complexity index is 1680. The monoisotopic (exact) mass is 693 g/mol. The van der Waals surface area contributed by atoms with E-state index in [1.165, 1.54) is 23.1 Å². The first kappa shape index (κ1) is 33.9. The summed E-state index contributed by atoms with van der Waals surface area (Å²) < 4.78 is 44.9. The van der Waals surface area contributed by atoms with Crippen molar-refractivity contribution >= 4 is 43.5 Å². The lowest BCUT2D eigenvalue weighted by molar-refractivity contribution is -0.140. The molecule has 236 valence electrons. The highest BCUT2D eigenvalue weighted by Crippen LogP contribution is 2.27. The molecule has 0 aliphatic heterocycles. The van der Waals surface area contributed by atoms with Crippen molar-refractivity contribution < 1.29 is 22.4 Å². The summed E-state index contributed by atoms with van der Waals surface area (Å²) in [5, 5.41) is 2.93. The second-order valence-corrected chi connectivity index (χ2v) is 13.5. The predicted molar refractivity (Wildman–Crippen MR) is 179 cm³/mol. The number of halogens is 2. The number of nitrogens with one attached hydrogen (secondary N) is 1. The molecule has 0 bridgehead atoms. The lowest BCUT2D eigenvalue weighted by Gasteiger charge is -2.34. The maximum Gasteiger partial charge on any atom is 0.264 e. The van der Waals surface area contributed by atoms with Gasteiger partial charge in [-0.15, -0.1) is 0 Å². The minimum Gasteiger partial charge on any atom is -0.354 e. The first-order valence-corrected chi connectivity index (χ1v) is 17.0. The van der Waals surface area contributed by atoms with Crippen molar-refractivity contribution in [2.24, 2.45) is 0 Å². The number of amides is 2. The van der Waals surface area contributed by atoms with Gasteiger partial charge in [0.2, 0.25) is 11.8 Å². The fourth-order valence-corrected chi connectivity index (χ4v) is 6.52. The van der Waals surface area contributed by atoms with E-state index >= 15 is 4.39 Å². The molecule has 0 radical (unpaired) electrons. The van der Waals surface area contributed by atoms with E-state index in [1.807, 2.05) is 44.2 Å². The summed E-state index contributed by atoms with van der Waals surface area (Å²) in [5.74, 6) is -1.57. The van der Waals surface area contributed by atoms with Gasteiger partial charge in [0.1, 0.15) is 18.4 Å². The molecule has 1 N–H and O–H groups in total. The Balaban J connectivity index is 1.79. The quantitative estimate of drug-likeness (QED) is 0.150. The van der Waals surface area contributed by atoms with Gasteiger partial charge in [-0.3, -0.25) is 13.9 Å². The fraction of sp³-hybridized carbons (Fsp3) is 0.257. The zero-order valence-corrected chi connectivity index (χ0v) is 27.7. The van der Waals surface area contributed by atoms with Crippen LogP contribution < -0.4 is 9.62 Å². The summed E-state index contributed by atoms with van der Waals surface area (Å²) in [6, 6.07) is 27.2. The highest BCUT2D eigenvalue weighted by Gasteiger charge is 2.35. The Labute approximate surface area is 273 Å². The molecule has 0 heterocycles. The molecule has 2 amide bonds. The van der Waals surface area contributed by atoms with Crippen LogP contribution >= 0.6 is 15.9 Å². The molecule has 0 unspecified atom stereocenters. The van der Waals surface area contributed by atoms with E-state index < -0.39 is 40.2 Å². The fourth-order valence-electron chi connectivity index (χ4n) is 4.84. The molecule has 4 aromatic rings. The Hall–Kier alpha value is -4.02. The average Bonchev–Trinajstić information content (AvgIpc) is 3.03. The second-order valence-electron chi connectivity index (χ2n) is 10.8. The van der Waals surface area contributed by atoms with Gasteiger partial charge in [-0.2, -0.15) is 0 Å². The number of hydrogen-bond acceptors (Lipinski definition) is 4. The number of carbonyl (C=O) groups is 2. The summed E-state index contributed by atoms with van der Waals surface area (Å²) in [6.07, 6.45) is 1.76. The first-order valence-electron chi connectivity index (χ1n) is 14.8. The third kappa shape index (κ3) is 9.02. The van der Waals surface area contributed by atoms with E-state index in [2.05, 4.69) is 21.2 Å². The van der Waals surface area contributed by atoms with Crippen LogP contribution in [-0.4, -0.2) is 44.3 Å². The number of benzene rings is 4. The summed E-state index contributed by atoms with van der Waals surface area (Å²) in [5.41, 5.74) is 2.16. The van der Waals surface area contributed by atoms with Gasteiger partial charge in [-0.05, 0) is 61.4 Å². The van der Waals surface area contributed by atoms with Gasteiger partial charge >= 0.3 is 0 Å². The zero-order valence-electron chi connectivity index (χ0n) is 25.3. The van der Waals surface area contributed by atoms with E-state index in [-0.39, 0.29) is 29.1 Å². The van der Waals surface area contributed by atoms with Crippen molar-refractivity contribution in [2.75, 3.05) is 17.4 Å². The molecule has 4 rings (SSSR count). The SMILES string of the molecule is CCCCNC(=O)[C@@H](Cc1ccccc1)N(Cc1ccccc1F)C(=O)CN(c1ccc(Br)cc1)S(=O)(=O)c1ccc(C)cc1. The minimum absolute atomic E-state index is 0.0163. The van der Waals surface area contributed by atoms with Gasteiger partial charge in [0, 0.05) is 29.5 Å². The standard InChI is InChI=1S/C35H37BrFN3O4S/c1-3-4-22-38-35(42)33(23-27-10-6-5-7-11-27)39(24-28-12-8-9-13-32(28)37)34(41)25-40(30-18-16-29(36)17-19-30)45(43,44)31-20-14-26(2)15-21-31/h5-21,33H,3-4,22-25H2,1-2H3,(H,38,42)/t33-/m1/s1. The molecule has 0 aliphatic carbocycles. The van der Waals surface area contributed by atoms with Crippen LogP contribution in [-0.2, 0) is 32.6 Å². The smallest absolute Gasteiger partial charge is 0.264 e. The lowest BCUT2D eigenvalue weighted by Crippen LogP contribution is -2.53. The zero-order chi connectivity index (χ0) is 32.4. The molecular formula is C35H37BrFN3O4S. The maximum absolute atomic E-state index is 15.0. The molecule has 0 spiro atoms. The predicted octanol–water partition coefficient (Wildman–Crippen LogP) is 6.65. The molecule has 1 atom stereocenters. The van der Waals surface area contributed by atoms with Gasteiger partial charge < -0.3 is 10.2 Å². The number of nitrogens with zero attached hydrogens (tertiary/aromatic N) is 2. The van der Waals surface area contributed by atoms with Crippen LogP contribution in [0.25, 0.3) is 0 Å². The third-order valence-corrected chi connectivity index (χ3v) is 9.72. The van der Waals surface area contributed by atoms with Crippen molar-refractivity contribution in [1.82, 2.24) is 10.2 Å². The van der Waals surface area contributed by atoms with Gasteiger partial charge in [-0.25, -0.2) is 12.8 Å². The molecule has 45 heavy (non-hydrogen) atoms. The van der Waals surface area contributed by atoms with Crippen molar-refractivity contribution in [3.63, 3.8) is 0 Å².